The van der Waals surface area contributed by atoms with E-state index in [1.165, 1.54) is 12.1 Å². The molecule has 2 aromatic rings. The Morgan fingerprint density at radius 3 is 2.75 bits per heavy atom. The van der Waals surface area contributed by atoms with E-state index in [-0.39, 0.29) is 18.5 Å². The van der Waals surface area contributed by atoms with Crippen LogP contribution >= 0.6 is 0 Å². The van der Waals surface area contributed by atoms with Crippen LogP contribution in [-0.2, 0) is 11.2 Å². The maximum absolute atomic E-state index is 12.9. The first-order valence-electron chi connectivity index (χ1n) is 7.42. The highest BCUT2D eigenvalue weighted by Gasteiger charge is 2.20. The molecule has 0 radical (unpaired) electrons. The molecule has 0 spiro atoms. The molecule has 2 aliphatic rings. The maximum atomic E-state index is 12.9. The molecule has 24 heavy (non-hydrogen) atoms. The van der Waals surface area contributed by atoms with E-state index >= 15 is 0 Å². The van der Waals surface area contributed by atoms with Gasteiger partial charge in [0.2, 0.25) is 6.79 Å². The summed E-state index contributed by atoms with van der Waals surface area (Å²) in [5.41, 5.74) is 2.00. The fourth-order valence-corrected chi connectivity index (χ4v) is 2.56. The van der Waals surface area contributed by atoms with Crippen molar-refractivity contribution in [2.75, 3.05) is 6.79 Å². The maximum Gasteiger partial charge on any atom is 0.275 e. The van der Waals surface area contributed by atoms with Gasteiger partial charge in [0.05, 0.1) is 0 Å². The summed E-state index contributed by atoms with van der Waals surface area (Å²) >= 11 is 0. The summed E-state index contributed by atoms with van der Waals surface area (Å²) in [5, 5.41) is 2.73. The molecule has 4 rings (SSSR count). The number of fused-ring (bicyclic) bond motifs is 1. The summed E-state index contributed by atoms with van der Waals surface area (Å²) in [4.78, 5) is 16.4. The number of amidine groups is 1. The van der Waals surface area contributed by atoms with Crippen molar-refractivity contribution >= 4 is 17.8 Å². The molecule has 0 unspecified atom stereocenters. The minimum absolute atomic E-state index is 0.204. The van der Waals surface area contributed by atoms with Crippen molar-refractivity contribution in [3.63, 3.8) is 0 Å². The fraction of sp³-hybridized carbons (Fsp3) is 0.111. The number of nitrogens with one attached hydrogen (secondary N) is 1. The molecule has 5 nitrogen and oxygen atoms in total. The van der Waals surface area contributed by atoms with Gasteiger partial charge < -0.3 is 14.8 Å². The highest BCUT2D eigenvalue weighted by atomic mass is 19.1. The number of rotatable bonds is 3. The molecule has 1 amide bonds. The first kappa shape index (κ1) is 14.4. The van der Waals surface area contributed by atoms with E-state index in [1.807, 2.05) is 6.07 Å². The number of hydrogen-bond donors (Lipinski definition) is 1. The summed E-state index contributed by atoms with van der Waals surface area (Å²) in [6.45, 7) is 0.204. The van der Waals surface area contributed by atoms with Crippen molar-refractivity contribution in [3.8, 4) is 11.5 Å². The summed E-state index contributed by atoms with van der Waals surface area (Å²) in [6, 6.07) is 11.5. The minimum Gasteiger partial charge on any atom is -0.454 e. The van der Waals surface area contributed by atoms with Crippen LogP contribution < -0.4 is 14.8 Å². The average Bonchev–Trinajstić information content (AvgIpc) is 3.16. The number of halogens is 1. The average molecular weight is 324 g/mol. The molecule has 0 bridgehead atoms. The van der Waals surface area contributed by atoms with Gasteiger partial charge in [-0.15, -0.1) is 0 Å². The Morgan fingerprint density at radius 1 is 1.12 bits per heavy atom. The van der Waals surface area contributed by atoms with Gasteiger partial charge in [0, 0.05) is 6.42 Å². The van der Waals surface area contributed by atoms with Gasteiger partial charge in [0.1, 0.15) is 17.3 Å². The number of nitrogens with zero attached hydrogens (tertiary/aromatic N) is 1. The highest BCUT2D eigenvalue weighted by molar-refractivity contribution is 6.14. The standard InChI is InChI=1S/C18H13FN2O3/c19-13-4-1-11(2-5-13)9-17-20-14(18(22)21-17)7-12-3-6-15-16(8-12)24-10-23-15/h1-8H,9-10H2,(H,20,21,22)/b14-7+. The second kappa shape index (κ2) is 5.81. The molecule has 2 heterocycles. The zero-order chi connectivity index (χ0) is 16.5. The Kier molecular flexibility index (Phi) is 3.49. The predicted octanol–water partition coefficient (Wildman–Crippen LogP) is 2.67. The van der Waals surface area contributed by atoms with Gasteiger partial charge in [0.25, 0.3) is 5.91 Å². The Balaban J connectivity index is 1.55. The zero-order valence-corrected chi connectivity index (χ0v) is 12.6. The van der Waals surface area contributed by atoms with Crippen LogP contribution in [0.15, 0.2) is 53.2 Å². The summed E-state index contributed by atoms with van der Waals surface area (Å²) < 4.78 is 23.5. The fourth-order valence-electron chi connectivity index (χ4n) is 2.56. The summed E-state index contributed by atoms with van der Waals surface area (Å²) in [7, 11) is 0. The Labute approximate surface area is 137 Å². The number of amides is 1. The van der Waals surface area contributed by atoms with Gasteiger partial charge in [-0.2, -0.15) is 0 Å². The van der Waals surface area contributed by atoms with E-state index in [9.17, 15) is 9.18 Å². The first-order valence-corrected chi connectivity index (χ1v) is 7.42. The van der Waals surface area contributed by atoms with Crippen LogP contribution in [0.3, 0.4) is 0 Å². The number of aliphatic imine (C=N–C) groups is 1. The molecule has 0 saturated heterocycles. The molecule has 2 aliphatic heterocycles. The molecule has 6 heteroatoms. The lowest BCUT2D eigenvalue weighted by Gasteiger charge is -2.00. The van der Waals surface area contributed by atoms with E-state index in [0.717, 1.165) is 11.1 Å². The number of benzene rings is 2. The third kappa shape index (κ3) is 2.86. The van der Waals surface area contributed by atoms with Gasteiger partial charge in [0.15, 0.2) is 11.5 Å². The van der Waals surface area contributed by atoms with E-state index in [4.69, 9.17) is 9.47 Å². The summed E-state index contributed by atoms with van der Waals surface area (Å²) in [6.07, 6.45) is 2.12. The lowest BCUT2D eigenvalue weighted by molar-refractivity contribution is -0.115. The first-order chi connectivity index (χ1) is 11.7. The summed E-state index contributed by atoms with van der Waals surface area (Å²) in [5.74, 6) is 1.33. The largest absolute Gasteiger partial charge is 0.454 e. The van der Waals surface area contributed by atoms with Gasteiger partial charge in [-0.25, -0.2) is 9.38 Å². The predicted molar refractivity (Wildman–Crippen MR) is 86.2 cm³/mol. The van der Waals surface area contributed by atoms with Crippen LogP contribution in [0.1, 0.15) is 11.1 Å². The van der Waals surface area contributed by atoms with Crippen molar-refractivity contribution < 1.29 is 18.7 Å². The Morgan fingerprint density at radius 2 is 1.92 bits per heavy atom. The van der Waals surface area contributed by atoms with Gasteiger partial charge >= 0.3 is 0 Å². The van der Waals surface area contributed by atoms with Crippen LogP contribution in [-0.4, -0.2) is 18.5 Å². The molecule has 0 aliphatic carbocycles. The van der Waals surface area contributed by atoms with Crippen molar-refractivity contribution in [3.05, 3.63) is 65.1 Å². The van der Waals surface area contributed by atoms with E-state index in [0.29, 0.717) is 29.5 Å². The molecular formula is C18H13FN2O3. The van der Waals surface area contributed by atoms with Crippen LogP contribution in [0.2, 0.25) is 0 Å². The van der Waals surface area contributed by atoms with E-state index in [1.54, 1.807) is 30.3 Å². The Bertz CT molecular complexity index is 872. The quantitative estimate of drug-likeness (QED) is 0.883. The van der Waals surface area contributed by atoms with Gasteiger partial charge in [-0.3, -0.25) is 4.79 Å². The van der Waals surface area contributed by atoms with Gasteiger partial charge in [-0.1, -0.05) is 18.2 Å². The molecule has 0 saturated carbocycles. The zero-order valence-electron chi connectivity index (χ0n) is 12.6. The molecule has 0 fully saturated rings. The second-order valence-corrected chi connectivity index (χ2v) is 5.46. The Hall–Kier alpha value is -3.15. The topological polar surface area (TPSA) is 59.9 Å². The van der Waals surface area contributed by atoms with E-state index < -0.39 is 0 Å². The number of ether oxygens (including phenoxy) is 2. The molecular weight excluding hydrogens is 311 g/mol. The van der Waals surface area contributed by atoms with Crippen LogP contribution in [0.5, 0.6) is 11.5 Å². The molecule has 2 aromatic carbocycles. The third-order valence-corrected chi connectivity index (χ3v) is 3.73. The van der Waals surface area contributed by atoms with Crippen molar-refractivity contribution in [1.29, 1.82) is 0 Å². The molecule has 120 valence electrons. The number of carbonyl (C=O) groups is 1. The highest BCUT2D eigenvalue weighted by Crippen LogP contribution is 2.33. The number of hydrogen-bond acceptors (Lipinski definition) is 4. The normalized spacial score (nSPS) is 17.1. The lowest BCUT2D eigenvalue weighted by atomic mass is 10.1. The molecule has 1 N–H and O–H groups in total. The third-order valence-electron chi connectivity index (χ3n) is 3.73. The van der Waals surface area contributed by atoms with Gasteiger partial charge in [-0.05, 0) is 41.5 Å². The van der Waals surface area contributed by atoms with Crippen molar-refractivity contribution in [2.24, 2.45) is 4.99 Å². The van der Waals surface area contributed by atoms with Crippen LogP contribution in [0.25, 0.3) is 6.08 Å². The molecule has 0 aromatic heterocycles. The van der Waals surface area contributed by atoms with Crippen LogP contribution in [0.4, 0.5) is 4.39 Å². The van der Waals surface area contributed by atoms with E-state index in [2.05, 4.69) is 10.3 Å². The lowest BCUT2D eigenvalue weighted by Crippen LogP contribution is -2.25. The van der Waals surface area contributed by atoms with Crippen molar-refractivity contribution in [2.45, 2.75) is 6.42 Å². The van der Waals surface area contributed by atoms with Crippen molar-refractivity contribution in [1.82, 2.24) is 5.32 Å². The second-order valence-electron chi connectivity index (χ2n) is 5.46. The smallest absolute Gasteiger partial charge is 0.275 e. The molecule has 0 atom stereocenters. The SMILES string of the molecule is O=C1NC(Cc2ccc(F)cc2)=N/C1=C/c1ccc2c(c1)OCO2. The number of carbonyl (C=O) groups excluding carboxylic acids is 1. The van der Waals surface area contributed by atoms with Crippen LogP contribution in [0, 0.1) is 5.82 Å². The monoisotopic (exact) mass is 324 g/mol. The minimum atomic E-state index is -0.292.